The van der Waals surface area contributed by atoms with Crippen molar-refractivity contribution in [2.75, 3.05) is 0 Å². The van der Waals surface area contributed by atoms with Crippen LogP contribution in [0.1, 0.15) is 92.9 Å². The molecular weight excluding hydrogens is 444 g/mol. The first kappa shape index (κ1) is 27.2. The maximum absolute atomic E-state index is 12.1. The third-order valence-electron chi connectivity index (χ3n) is 8.63. The van der Waals surface area contributed by atoms with Crippen LogP contribution in [0.4, 0.5) is 0 Å². The monoisotopic (exact) mass is 486 g/mol. The molecule has 6 heteroatoms. The molecule has 2 aliphatic carbocycles. The van der Waals surface area contributed by atoms with Crippen molar-refractivity contribution in [1.29, 1.82) is 0 Å². The summed E-state index contributed by atoms with van der Waals surface area (Å²) in [7, 11) is 0. The van der Waals surface area contributed by atoms with Crippen LogP contribution in [-0.4, -0.2) is 30.3 Å². The summed E-state index contributed by atoms with van der Waals surface area (Å²) < 4.78 is 16.2. The number of hydrogen-bond acceptors (Lipinski definition) is 6. The van der Waals surface area contributed by atoms with Gasteiger partial charge < -0.3 is 14.2 Å². The molecule has 1 unspecified atom stereocenters. The molecule has 3 aliphatic rings. The standard InChI is InChI=1S/C29H42O6/c1-18(2)10-8-14-28(6)15-9-11-24-23(28)13-12-19(3)29(24,7)17-25(33-20(4)30)22-16-26(32)35-27(22)34-21(5)31/h11,16,19,23,25,27H,1,8-10,12-15,17H2,2-7H3/t19-,23+,25-,27?,28+,29+/m1/s1. The van der Waals surface area contributed by atoms with E-state index in [1.54, 1.807) is 0 Å². The summed E-state index contributed by atoms with van der Waals surface area (Å²) in [6.07, 6.45) is 10.2. The van der Waals surface area contributed by atoms with Gasteiger partial charge in [0.05, 0.1) is 5.57 Å². The van der Waals surface area contributed by atoms with Crippen LogP contribution in [0, 0.1) is 22.7 Å². The van der Waals surface area contributed by atoms with Crippen LogP contribution in [0.2, 0.25) is 0 Å². The molecule has 0 spiro atoms. The van der Waals surface area contributed by atoms with E-state index in [9.17, 15) is 14.4 Å². The summed E-state index contributed by atoms with van der Waals surface area (Å²) in [4.78, 5) is 35.8. The van der Waals surface area contributed by atoms with Gasteiger partial charge in [0.25, 0.3) is 6.29 Å². The van der Waals surface area contributed by atoms with Crippen molar-refractivity contribution in [1.82, 2.24) is 0 Å². The maximum Gasteiger partial charge on any atom is 0.334 e. The number of carbonyl (C=O) groups is 3. The van der Waals surface area contributed by atoms with Gasteiger partial charge in [-0.05, 0) is 81.0 Å². The zero-order valence-electron chi connectivity index (χ0n) is 22.3. The third kappa shape index (κ3) is 6.07. The smallest absolute Gasteiger partial charge is 0.334 e. The molecule has 6 nitrogen and oxygen atoms in total. The second-order valence-electron chi connectivity index (χ2n) is 11.4. The highest BCUT2D eigenvalue weighted by Crippen LogP contribution is 2.60. The van der Waals surface area contributed by atoms with E-state index in [1.807, 2.05) is 0 Å². The Morgan fingerprint density at radius 3 is 2.54 bits per heavy atom. The van der Waals surface area contributed by atoms with E-state index in [0.717, 1.165) is 32.1 Å². The fraction of sp³-hybridized carbons (Fsp3) is 0.690. The van der Waals surface area contributed by atoms with Crippen LogP contribution in [0.15, 0.2) is 35.5 Å². The normalized spacial score (nSPS) is 33.1. The molecular formula is C29H42O6. The van der Waals surface area contributed by atoms with Crippen LogP contribution >= 0.6 is 0 Å². The van der Waals surface area contributed by atoms with E-state index in [1.165, 1.54) is 43.9 Å². The van der Waals surface area contributed by atoms with Crippen molar-refractivity contribution in [3.05, 3.63) is 35.5 Å². The number of carbonyl (C=O) groups excluding carboxylic acids is 3. The molecule has 1 fully saturated rings. The Bertz CT molecular complexity index is 929. The van der Waals surface area contributed by atoms with Crippen molar-refractivity contribution in [3.8, 4) is 0 Å². The highest BCUT2D eigenvalue weighted by molar-refractivity contribution is 5.86. The second kappa shape index (κ2) is 10.7. The summed E-state index contributed by atoms with van der Waals surface area (Å²) in [5.74, 6) is -0.755. The van der Waals surface area contributed by atoms with E-state index < -0.39 is 30.3 Å². The zero-order valence-corrected chi connectivity index (χ0v) is 22.3. The summed E-state index contributed by atoms with van der Waals surface area (Å²) in [6, 6.07) is 0. The number of esters is 3. The highest BCUT2D eigenvalue weighted by atomic mass is 16.7. The van der Waals surface area contributed by atoms with Gasteiger partial charge in [0.2, 0.25) is 0 Å². The van der Waals surface area contributed by atoms with Crippen molar-refractivity contribution in [3.63, 3.8) is 0 Å². The Morgan fingerprint density at radius 2 is 1.91 bits per heavy atom. The van der Waals surface area contributed by atoms with E-state index in [0.29, 0.717) is 23.8 Å². The molecule has 0 amide bonds. The fourth-order valence-electron chi connectivity index (χ4n) is 6.53. The third-order valence-corrected chi connectivity index (χ3v) is 8.63. The Hall–Kier alpha value is -2.37. The van der Waals surface area contributed by atoms with Gasteiger partial charge in [0, 0.05) is 19.9 Å². The van der Waals surface area contributed by atoms with E-state index >= 15 is 0 Å². The Kier molecular flexibility index (Phi) is 8.33. The van der Waals surface area contributed by atoms with Crippen LogP contribution in [-0.2, 0) is 28.6 Å². The molecule has 0 bridgehead atoms. The van der Waals surface area contributed by atoms with Crippen molar-refractivity contribution in [2.24, 2.45) is 22.7 Å². The largest absolute Gasteiger partial charge is 0.458 e. The molecule has 1 aliphatic heterocycles. The topological polar surface area (TPSA) is 78.9 Å². The molecule has 0 saturated heterocycles. The number of fused-ring (bicyclic) bond motifs is 1. The molecule has 1 heterocycles. The van der Waals surface area contributed by atoms with Gasteiger partial charge in [-0.3, -0.25) is 9.59 Å². The quantitative estimate of drug-likeness (QED) is 0.285. The average molecular weight is 487 g/mol. The first-order valence-electron chi connectivity index (χ1n) is 13.0. The lowest BCUT2D eigenvalue weighted by Gasteiger charge is -2.54. The predicted molar refractivity (Wildman–Crippen MR) is 134 cm³/mol. The number of cyclic esters (lactones) is 1. The van der Waals surface area contributed by atoms with Crippen LogP contribution in [0.5, 0.6) is 0 Å². The summed E-state index contributed by atoms with van der Waals surface area (Å²) in [6.45, 7) is 15.8. The minimum atomic E-state index is -1.16. The lowest BCUT2D eigenvalue weighted by atomic mass is 9.50. The molecule has 0 N–H and O–H groups in total. The van der Waals surface area contributed by atoms with Crippen LogP contribution in [0.25, 0.3) is 0 Å². The Balaban J connectivity index is 1.91. The van der Waals surface area contributed by atoms with E-state index in [-0.39, 0.29) is 10.8 Å². The van der Waals surface area contributed by atoms with Crippen LogP contribution < -0.4 is 0 Å². The lowest BCUT2D eigenvalue weighted by Crippen LogP contribution is -2.46. The molecule has 35 heavy (non-hydrogen) atoms. The van der Waals surface area contributed by atoms with Gasteiger partial charge in [0.15, 0.2) is 0 Å². The Labute approximate surface area is 210 Å². The highest BCUT2D eigenvalue weighted by Gasteiger charge is 2.51. The SMILES string of the molecule is C=C(C)CCC[C@@]1(C)CCC=C2[C@@H]1CC[C@@H](C)[C@]2(C)C[C@@H](OC(C)=O)C1=CC(=O)OC1OC(C)=O. The van der Waals surface area contributed by atoms with Gasteiger partial charge in [0.1, 0.15) is 6.10 Å². The molecule has 0 aromatic carbocycles. The van der Waals surface area contributed by atoms with Crippen molar-refractivity contribution >= 4 is 17.9 Å². The molecule has 1 saturated carbocycles. The van der Waals surface area contributed by atoms with Gasteiger partial charge in [-0.15, -0.1) is 6.58 Å². The summed E-state index contributed by atoms with van der Waals surface area (Å²) in [5, 5.41) is 0. The maximum atomic E-state index is 12.1. The molecule has 6 atom stereocenters. The van der Waals surface area contributed by atoms with E-state index in [2.05, 4.69) is 40.3 Å². The van der Waals surface area contributed by atoms with Crippen molar-refractivity contribution < 1.29 is 28.6 Å². The molecule has 194 valence electrons. The zero-order chi connectivity index (χ0) is 26.0. The number of allylic oxidation sites excluding steroid dienone is 3. The minimum Gasteiger partial charge on any atom is -0.458 e. The number of ether oxygens (including phenoxy) is 3. The summed E-state index contributed by atoms with van der Waals surface area (Å²) in [5.41, 5.74) is 3.08. The van der Waals surface area contributed by atoms with Gasteiger partial charge in [-0.2, -0.15) is 0 Å². The Morgan fingerprint density at radius 1 is 1.20 bits per heavy atom. The molecule has 0 radical (unpaired) electrons. The lowest BCUT2D eigenvalue weighted by molar-refractivity contribution is -0.174. The van der Waals surface area contributed by atoms with Gasteiger partial charge in [-0.1, -0.05) is 38.0 Å². The van der Waals surface area contributed by atoms with E-state index in [4.69, 9.17) is 14.2 Å². The first-order chi connectivity index (χ1) is 16.4. The second-order valence-corrected chi connectivity index (χ2v) is 11.4. The average Bonchev–Trinajstić information content (AvgIpc) is 3.09. The van der Waals surface area contributed by atoms with Crippen LogP contribution in [0.3, 0.4) is 0 Å². The predicted octanol–water partition coefficient (Wildman–Crippen LogP) is 6.21. The molecule has 3 rings (SSSR count). The fourth-order valence-corrected chi connectivity index (χ4v) is 6.53. The van der Waals surface area contributed by atoms with Gasteiger partial charge >= 0.3 is 17.9 Å². The molecule has 0 aromatic rings. The first-order valence-corrected chi connectivity index (χ1v) is 13.0. The number of hydrogen-bond donors (Lipinski definition) is 0. The minimum absolute atomic E-state index is 0.226. The summed E-state index contributed by atoms with van der Waals surface area (Å²) >= 11 is 0. The van der Waals surface area contributed by atoms with Crippen molar-refractivity contribution in [2.45, 2.75) is 105 Å². The van der Waals surface area contributed by atoms with Gasteiger partial charge in [-0.25, -0.2) is 4.79 Å². The molecule has 0 aromatic heterocycles. The number of rotatable bonds is 9.